The molecule has 0 spiro atoms. The first kappa shape index (κ1) is 24.8. The number of benzene rings is 2. The Balaban J connectivity index is 1.94. The minimum atomic E-state index is -0.735. The molecular weight excluding hydrogens is 416 g/mol. The number of para-hydroxylation sites is 1. The van der Waals surface area contributed by atoms with Gasteiger partial charge in [0, 0.05) is 25.1 Å². The van der Waals surface area contributed by atoms with Crippen LogP contribution in [0.15, 0.2) is 48.5 Å². The van der Waals surface area contributed by atoms with E-state index in [4.69, 9.17) is 9.47 Å². The molecule has 0 radical (unpaired) electrons. The zero-order chi connectivity index (χ0) is 23.6. The number of aryl methyl sites for hydroxylation is 1. The lowest BCUT2D eigenvalue weighted by Crippen LogP contribution is -2.45. The smallest absolute Gasteiger partial charge is 0.247 e. The molecule has 2 amide bonds. The Morgan fingerprint density at radius 3 is 2.61 bits per heavy atom. The van der Waals surface area contributed by atoms with E-state index in [1.165, 1.54) is 0 Å². The van der Waals surface area contributed by atoms with Crippen molar-refractivity contribution in [2.75, 3.05) is 20.3 Å². The van der Waals surface area contributed by atoms with E-state index >= 15 is 0 Å². The number of methoxy groups -OCH3 is 1. The predicted molar refractivity (Wildman–Crippen MR) is 129 cm³/mol. The van der Waals surface area contributed by atoms with Gasteiger partial charge in [0.1, 0.15) is 11.8 Å². The van der Waals surface area contributed by atoms with Crippen LogP contribution in [0.5, 0.6) is 5.75 Å². The molecule has 33 heavy (non-hydrogen) atoms. The highest BCUT2D eigenvalue weighted by atomic mass is 16.5. The fourth-order valence-corrected chi connectivity index (χ4v) is 4.15. The van der Waals surface area contributed by atoms with Gasteiger partial charge in [-0.05, 0) is 37.8 Å². The Morgan fingerprint density at radius 2 is 1.94 bits per heavy atom. The molecule has 2 atom stereocenters. The van der Waals surface area contributed by atoms with E-state index in [2.05, 4.69) is 12.2 Å². The summed E-state index contributed by atoms with van der Waals surface area (Å²) < 4.78 is 11.2. The van der Waals surface area contributed by atoms with E-state index in [0.29, 0.717) is 25.3 Å². The normalized spacial score (nSPS) is 16.3. The molecule has 2 aromatic rings. The standard InChI is InChI=1S/C27H36N2O4/c1-4-5-12-25(30)29(19-22-9-6-7-11-24(22)32-3)26(21-15-13-20(2)14-16-21)27(31)28-18-23-10-8-17-33-23/h6-7,9,11,13-16,23,26H,4-5,8,10,12,17-19H2,1-3H3,(H,28,31). The van der Waals surface area contributed by atoms with E-state index in [1.54, 1.807) is 12.0 Å². The van der Waals surface area contributed by atoms with E-state index < -0.39 is 6.04 Å². The highest BCUT2D eigenvalue weighted by Crippen LogP contribution is 2.28. The molecule has 1 heterocycles. The van der Waals surface area contributed by atoms with Crippen LogP contribution in [0.2, 0.25) is 0 Å². The highest BCUT2D eigenvalue weighted by molar-refractivity contribution is 5.88. The maximum Gasteiger partial charge on any atom is 0.247 e. The van der Waals surface area contributed by atoms with Crippen molar-refractivity contribution >= 4 is 11.8 Å². The van der Waals surface area contributed by atoms with Gasteiger partial charge in [-0.3, -0.25) is 9.59 Å². The predicted octanol–water partition coefficient (Wildman–Crippen LogP) is 4.56. The first-order valence-corrected chi connectivity index (χ1v) is 11.9. The SMILES string of the molecule is CCCCC(=O)N(Cc1ccccc1OC)C(C(=O)NCC1CCCO1)c1ccc(C)cc1. The molecule has 0 aliphatic carbocycles. The molecule has 3 rings (SSSR count). The lowest BCUT2D eigenvalue weighted by atomic mass is 10.0. The number of hydrogen-bond acceptors (Lipinski definition) is 4. The van der Waals surface area contributed by atoms with Gasteiger partial charge in [0.05, 0.1) is 19.8 Å². The number of hydrogen-bond donors (Lipinski definition) is 1. The van der Waals surface area contributed by atoms with Crippen LogP contribution in [0.1, 0.15) is 61.8 Å². The van der Waals surface area contributed by atoms with E-state index in [0.717, 1.165) is 49.0 Å². The number of nitrogens with zero attached hydrogens (tertiary/aromatic N) is 1. The van der Waals surface area contributed by atoms with Crippen molar-refractivity contribution < 1.29 is 19.1 Å². The van der Waals surface area contributed by atoms with E-state index in [1.807, 2.05) is 55.5 Å². The summed E-state index contributed by atoms with van der Waals surface area (Å²) in [5.41, 5.74) is 2.77. The fourth-order valence-electron chi connectivity index (χ4n) is 4.15. The molecular formula is C27H36N2O4. The van der Waals surface area contributed by atoms with Crippen molar-refractivity contribution in [3.8, 4) is 5.75 Å². The monoisotopic (exact) mass is 452 g/mol. The first-order valence-electron chi connectivity index (χ1n) is 11.9. The number of nitrogens with one attached hydrogen (secondary N) is 1. The minimum Gasteiger partial charge on any atom is -0.496 e. The Morgan fingerprint density at radius 1 is 1.18 bits per heavy atom. The molecule has 2 aromatic carbocycles. The molecule has 1 N–H and O–H groups in total. The summed E-state index contributed by atoms with van der Waals surface area (Å²) in [5.74, 6) is 0.475. The maximum atomic E-state index is 13.6. The second-order valence-corrected chi connectivity index (χ2v) is 8.63. The molecule has 178 valence electrons. The summed E-state index contributed by atoms with van der Waals surface area (Å²) in [6, 6.07) is 14.7. The number of rotatable bonds is 11. The Hall–Kier alpha value is -2.86. The largest absolute Gasteiger partial charge is 0.496 e. The Labute approximate surface area is 197 Å². The molecule has 0 aromatic heterocycles. The summed E-state index contributed by atoms with van der Waals surface area (Å²) >= 11 is 0. The highest BCUT2D eigenvalue weighted by Gasteiger charge is 2.32. The van der Waals surface area contributed by atoms with Gasteiger partial charge in [-0.15, -0.1) is 0 Å². The van der Waals surface area contributed by atoms with Crippen LogP contribution >= 0.6 is 0 Å². The minimum absolute atomic E-state index is 0.0334. The molecule has 1 fully saturated rings. The van der Waals surface area contributed by atoms with Gasteiger partial charge in [-0.2, -0.15) is 0 Å². The first-order chi connectivity index (χ1) is 16.0. The average Bonchev–Trinajstić information content (AvgIpc) is 3.36. The van der Waals surface area contributed by atoms with Crippen molar-refractivity contribution in [1.82, 2.24) is 10.2 Å². The molecule has 1 saturated heterocycles. The van der Waals surface area contributed by atoms with Crippen LogP contribution in [0.4, 0.5) is 0 Å². The average molecular weight is 453 g/mol. The molecule has 1 aliphatic heterocycles. The van der Waals surface area contributed by atoms with Crippen LogP contribution in [0.3, 0.4) is 0 Å². The zero-order valence-corrected chi connectivity index (χ0v) is 20.0. The van der Waals surface area contributed by atoms with Crippen LogP contribution in [-0.4, -0.2) is 43.1 Å². The zero-order valence-electron chi connectivity index (χ0n) is 20.0. The summed E-state index contributed by atoms with van der Waals surface area (Å²) in [5, 5.41) is 3.05. The fraction of sp³-hybridized carbons (Fsp3) is 0.481. The summed E-state index contributed by atoms with van der Waals surface area (Å²) in [7, 11) is 1.62. The van der Waals surface area contributed by atoms with Crippen molar-refractivity contribution in [1.29, 1.82) is 0 Å². The number of amides is 2. The lowest BCUT2D eigenvalue weighted by Gasteiger charge is -2.32. The van der Waals surface area contributed by atoms with Gasteiger partial charge >= 0.3 is 0 Å². The summed E-state index contributed by atoms with van der Waals surface area (Å²) in [4.78, 5) is 28.7. The number of unbranched alkanes of at least 4 members (excludes halogenated alkanes) is 1. The molecule has 0 bridgehead atoms. The van der Waals surface area contributed by atoms with Gasteiger partial charge in [-0.25, -0.2) is 0 Å². The number of carbonyl (C=O) groups is 2. The third-order valence-corrected chi connectivity index (χ3v) is 6.08. The molecule has 2 unspecified atom stereocenters. The quantitative estimate of drug-likeness (QED) is 0.543. The number of carbonyl (C=O) groups excluding carboxylic acids is 2. The van der Waals surface area contributed by atoms with Gasteiger partial charge in [-0.1, -0.05) is 61.4 Å². The number of ether oxygens (including phenoxy) is 2. The van der Waals surface area contributed by atoms with Crippen molar-refractivity contribution in [3.63, 3.8) is 0 Å². The van der Waals surface area contributed by atoms with Gasteiger partial charge in [0.15, 0.2) is 0 Å². The summed E-state index contributed by atoms with van der Waals surface area (Å²) in [6.45, 7) is 5.54. The van der Waals surface area contributed by atoms with Crippen molar-refractivity contribution in [3.05, 3.63) is 65.2 Å². The second kappa shape index (κ2) is 12.4. The molecule has 0 saturated carbocycles. The van der Waals surface area contributed by atoms with Crippen molar-refractivity contribution in [2.24, 2.45) is 0 Å². The van der Waals surface area contributed by atoms with Crippen LogP contribution in [-0.2, 0) is 20.9 Å². The third-order valence-electron chi connectivity index (χ3n) is 6.08. The van der Waals surface area contributed by atoms with E-state index in [-0.39, 0.29) is 17.9 Å². The molecule has 1 aliphatic rings. The van der Waals surface area contributed by atoms with Gasteiger partial charge in [0.25, 0.3) is 0 Å². The van der Waals surface area contributed by atoms with Crippen molar-refractivity contribution in [2.45, 2.75) is 64.6 Å². The molecule has 6 heteroatoms. The van der Waals surface area contributed by atoms with Gasteiger partial charge < -0.3 is 19.7 Å². The van der Waals surface area contributed by atoms with Gasteiger partial charge in [0.2, 0.25) is 11.8 Å². The van der Waals surface area contributed by atoms with Crippen LogP contribution in [0, 0.1) is 6.92 Å². The topological polar surface area (TPSA) is 67.9 Å². The Kier molecular flexibility index (Phi) is 9.31. The van der Waals surface area contributed by atoms with Crippen LogP contribution in [0.25, 0.3) is 0 Å². The lowest BCUT2D eigenvalue weighted by molar-refractivity contribution is -0.142. The summed E-state index contributed by atoms with van der Waals surface area (Å²) in [6.07, 6.45) is 4.07. The van der Waals surface area contributed by atoms with E-state index in [9.17, 15) is 9.59 Å². The third kappa shape index (κ3) is 6.81. The molecule has 6 nitrogen and oxygen atoms in total. The maximum absolute atomic E-state index is 13.6. The second-order valence-electron chi connectivity index (χ2n) is 8.63. The Bertz CT molecular complexity index is 907. The van der Waals surface area contributed by atoms with Crippen LogP contribution < -0.4 is 10.1 Å².